The van der Waals surface area contributed by atoms with E-state index >= 15 is 0 Å². The van der Waals surface area contributed by atoms with Crippen LogP contribution in [0.4, 0.5) is 4.39 Å². The average Bonchev–Trinajstić information content (AvgIpc) is 2.53. The van der Waals surface area contributed by atoms with Crippen LogP contribution in [0.2, 0.25) is 0 Å². The minimum absolute atomic E-state index is 0.0338. The Balaban J connectivity index is 2.52. The average molecular weight is 166 g/mol. The molecule has 0 radical (unpaired) electrons. The smallest absolute Gasteiger partial charge is 0.269 e. The van der Waals surface area contributed by atoms with Crippen LogP contribution in [0.25, 0.3) is 11.6 Å². The SMILES string of the molecule is [2H]c1nnc(-c2ncccc2F)o1. The summed E-state index contributed by atoms with van der Waals surface area (Å²) in [6, 6.07) is 2.69. The van der Waals surface area contributed by atoms with Gasteiger partial charge in [-0.3, -0.25) is 0 Å². The van der Waals surface area contributed by atoms with E-state index in [9.17, 15) is 4.39 Å². The number of halogens is 1. The van der Waals surface area contributed by atoms with Gasteiger partial charge in [0.2, 0.25) is 6.37 Å². The zero-order valence-electron chi connectivity index (χ0n) is 6.86. The van der Waals surface area contributed by atoms with Gasteiger partial charge in [0.15, 0.2) is 11.5 Å². The lowest BCUT2D eigenvalue weighted by atomic mass is 10.3. The second-order valence-electron chi connectivity index (χ2n) is 2.03. The van der Waals surface area contributed by atoms with Crippen molar-refractivity contribution < 1.29 is 10.2 Å². The van der Waals surface area contributed by atoms with Gasteiger partial charge in [-0.2, -0.15) is 0 Å². The van der Waals surface area contributed by atoms with Crippen molar-refractivity contribution in [3.05, 3.63) is 30.5 Å². The summed E-state index contributed by atoms with van der Waals surface area (Å²) in [6.45, 7) is 0. The second-order valence-corrected chi connectivity index (χ2v) is 2.03. The van der Waals surface area contributed by atoms with E-state index in [1.165, 1.54) is 18.3 Å². The fraction of sp³-hybridized carbons (Fsp3) is 0. The van der Waals surface area contributed by atoms with Gasteiger partial charge in [-0.1, -0.05) is 0 Å². The van der Waals surface area contributed by atoms with Crippen LogP contribution in [0.1, 0.15) is 1.37 Å². The minimum Gasteiger partial charge on any atom is -0.422 e. The Morgan fingerprint density at radius 1 is 1.58 bits per heavy atom. The standard InChI is InChI=1S/C7H4FN3O/c8-5-2-1-3-9-6(5)7-11-10-4-12-7/h1-4H/i4D. The molecule has 5 heteroatoms. The Hall–Kier alpha value is -1.78. The van der Waals surface area contributed by atoms with Gasteiger partial charge >= 0.3 is 0 Å². The fourth-order valence-corrected chi connectivity index (χ4v) is 0.789. The van der Waals surface area contributed by atoms with E-state index in [4.69, 9.17) is 5.79 Å². The summed E-state index contributed by atoms with van der Waals surface area (Å²) >= 11 is 0. The highest BCUT2D eigenvalue weighted by atomic mass is 19.1. The van der Waals surface area contributed by atoms with E-state index < -0.39 is 5.82 Å². The van der Waals surface area contributed by atoms with E-state index in [0.29, 0.717) is 0 Å². The molecule has 0 atom stereocenters. The first-order chi connectivity index (χ1) is 6.27. The number of hydrogen-bond acceptors (Lipinski definition) is 4. The van der Waals surface area contributed by atoms with Crippen LogP contribution < -0.4 is 0 Å². The molecule has 0 unspecified atom stereocenters. The van der Waals surface area contributed by atoms with Gasteiger partial charge in [-0.25, -0.2) is 9.37 Å². The molecule has 4 nitrogen and oxygen atoms in total. The highest BCUT2D eigenvalue weighted by Gasteiger charge is 2.09. The third kappa shape index (κ3) is 1.05. The molecule has 0 saturated heterocycles. The Bertz CT molecular complexity index is 431. The minimum atomic E-state index is -0.550. The summed E-state index contributed by atoms with van der Waals surface area (Å²) in [7, 11) is 0. The lowest BCUT2D eigenvalue weighted by Gasteiger charge is -1.93. The lowest BCUT2D eigenvalue weighted by Crippen LogP contribution is -1.87. The van der Waals surface area contributed by atoms with E-state index in [2.05, 4.69) is 15.2 Å². The summed E-state index contributed by atoms with van der Waals surface area (Å²) in [4.78, 5) is 3.71. The molecule has 0 amide bonds. The van der Waals surface area contributed by atoms with Crippen LogP contribution >= 0.6 is 0 Å². The van der Waals surface area contributed by atoms with Gasteiger partial charge in [0.25, 0.3) is 5.89 Å². The Labute approximate surface area is 68.5 Å². The first kappa shape index (κ1) is 5.82. The Morgan fingerprint density at radius 2 is 2.50 bits per heavy atom. The molecule has 0 fully saturated rings. The van der Waals surface area contributed by atoms with Crippen molar-refractivity contribution in [3.63, 3.8) is 0 Å². The van der Waals surface area contributed by atoms with E-state index in [-0.39, 0.29) is 18.0 Å². The van der Waals surface area contributed by atoms with E-state index in [1.807, 2.05) is 0 Å². The van der Waals surface area contributed by atoms with Gasteiger partial charge in [-0.15, -0.1) is 10.2 Å². The number of hydrogen-bond donors (Lipinski definition) is 0. The molecule has 2 aromatic rings. The molecule has 0 aliphatic heterocycles. The second kappa shape index (κ2) is 2.69. The van der Waals surface area contributed by atoms with Crippen LogP contribution in [0.15, 0.2) is 29.1 Å². The number of pyridine rings is 1. The molecular formula is C7H4FN3O. The van der Waals surface area contributed by atoms with Crippen molar-refractivity contribution in [2.45, 2.75) is 0 Å². The first-order valence-electron chi connectivity index (χ1n) is 3.68. The molecule has 60 valence electrons. The third-order valence-corrected chi connectivity index (χ3v) is 1.29. The molecule has 2 heterocycles. The molecule has 0 saturated carbocycles. The Morgan fingerprint density at radius 3 is 3.17 bits per heavy atom. The van der Waals surface area contributed by atoms with Crippen molar-refractivity contribution in [1.29, 1.82) is 0 Å². The molecule has 0 aliphatic rings. The largest absolute Gasteiger partial charge is 0.422 e. The van der Waals surface area contributed by atoms with Gasteiger partial charge < -0.3 is 4.42 Å². The number of nitrogens with zero attached hydrogens (tertiary/aromatic N) is 3. The maximum absolute atomic E-state index is 13.0. The molecule has 0 aromatic carbocycles. The predicted octanol–water partition coefficient (Wildman–Crippen LogP) is 1.27. The quantitative estimate of drug-likeness (QED) is 0.640. The lowest BCUT2D eigenvalue weighted by molar-refractivity contribution is 0.553. The highest BCUT2D eigenvalue weighted by molar-refractivity contribution is 5.45. The molecule has 0 aliphatic carbocycles. The van der Waals surface area contributed by atoms with Crippen LogP contribution in [0, 0.1) is 5.82 Å². The molecular weight excluding hydrogens is 161 g/mol. The van der Waals surface area contributed by atoms with Crippen LogP contribution in [0.5, 0.6) is 0 Å². The van der Waals surface area contributed by atoms with Gasteiger partial charge in [0, 0.05) is 6.20 Å². The zero-order chi connectivity index (χ0) is 9.26. The first-order valence-corrected chi connectivity index (χ1v) is 3.18. The van der Waals surface area contributed by atoms with Crippen LogP contribution in [0.3, 0.4) is 0 Å². The summed E-state index contributed by atoms with van der Waals surface area (Å²) in [5.74, 6) is -0.630. The van der Waals surface area contributed by atoms with E-state index in [0.717, 1.165) is 0 Å². The maximum Gasteiger partial charge on any atom is 0.269 e. The van der Waals surface area contributed by atoms with Crippen LogP contribution in [-0.2, 0) is 0 Å². The topological polar surface area (TPSA) is 51.8 Å². The van der Waals surface area contributed by atoms with Gasteiger partial charge in [0.05, 0.1) is 0 Å². The molecule has 0 N–H and O–H groups in total. The monoisotopic (exact) mass is 166 g/mol. The third-order valence-electron chi connectivity index (χ3n) is 1.29. The van der Waals surface area contributed by atoms with Crippen molar-refractivity contribution >= 4 is 0 Å². The Kier molecular flexibility index (Phi) is 1.30. The van der Waals surface area contributed by atoms with Crippen LogP contribution in [-0.4, -0.2) is 15.2 Å². The number of rotatable bonds is 1. The summed E-state index contributed by atoms with van der Waals surface area (Å²) in [6.07, 6.45) is 1.05. The van der Waals surface area contributed by atoms with Crippen molar-refractivity contribution in [3.8, 4) is 11.6 Å². The van der Waals surface area contributed by atoms with Crippen molar-refractivity contribution in [1.82, 2.24) is 15.2 Å². The molecule has 0 bridgehead atoms. The van der Waals surface area contributed by atoms with Crippen molar-refractivity contribution in [2.75, 3.05) is 0 Å². The maximum atomic E-state index is 13.0. The van der Waals surface area contributed by atoms with E-state index in [1.54, 1.807) is 0 Å². The molecule has 2 aromatic heterocycles. The fourth-order valence-electron chi connectivity index (χ4n) is 0.789. The molecule has 0 spiro atoms. The summed E-state index contributed by atoms with van der Waals surface area (Å²) < 4.78 is 24.7. The number of aromatic nitrogens is 3. The predicted molar refractivity (Wildman–Crippen MR) is 37.5 cm³/mol. The summed E-state index contributed by atoms with van der Waals surface area (Å²) in [5, 5.41) is 6.72. The normalized spacial score (nSPS) is 11.2. The molecule has 12 heavy (non-hydrogen) atoms. The highest BCUT2D eigenvalue weighted by Crippen LogP contribution is 2.15. The summed E-state index contributed by atoms with van der Waals surface area (Å²) in [5.41, 5.74) is -0.0338. The van der Waals surface area contributed by atoms with Crippen molar-refractivity contribution in [2.24, 2.45) is 0 Å². The zero-order valence-corrected chi connectivity index (χ0v) is 5.86. The van der Waals surface area contributed by atoms with Gasteiger partial charge in [-0.05, 0) is 12.1 Å². The van der Waals surface area contributed by atoms with Gasteiger partial charge in [0.1, 0.15) is 1.37 Å². The molecule has 2 rings (SSSR count).